The topological polar surface area (TPSA) is 132 Å². The normalized spacial score (nSPS) is 11.1. The van der Waals surface area contributed by atoms with Crippen molar-refractivity contribution >= 4 is 27.5 Å². The molecule has 0 saturated heterocycles. The van der Waals surface area contributed by atoms with Crippen molar-refractivity contribution in [3.05, 3.63) is 59.9 Å². The maximum Gasteiger partial charge on any atom is 0.229 e. The highest BCUT2D eigenvalue weighted by molar-refractivity contribution is 7.92. The lowest BCUT2D eigenvalue weighted by atomic mass is 10.2. The van der Waals surface area contributed by atoms with Gasteiger partial charge in [0, 0.05) is 30.7 Å². The molecule has 29 heavy (non-hydrogen) atoms. The Balaban J connectivity index is 1.66. The summed E-state index contributed by atoms with van der Waals surface area (Å²) in [4.78, 5) is 12.7. The summed E-state index contributed by atoms with van der Waals surface area (Å²) >= 11 is 0. The average Bonchev–Trinajstić information content (AvgIpc) is 2.67. The predicted octanol–water partition coefficient (Wildman–Crippen LogP) is 2.79. The molecule has 0 spiro atoms. The highest BCUT2D eigenvalue weighted by atomic mass is 32.2. The SMILES string of the molecule is CCc1cnc(NCc2cc(N)nc(Oc3ccc(NS(C)(=O)=O)cc3)c2)nc1. The number of nitrogens with one attached hydrogen (secondary N) is 2. The smallest absolute Gasteiger partial charge is 0.229 e. The van der Waals surface area contributed by atoms with E-state index in [0.29, 0.717) is 35.6 Å². The minimum atomic E-state index is -3.33. The number of nitrogens with two attached hydrogens (primary N) is 1. The lowest BCUT2D eigenvalue weighted by Gasteiger charge is -2.10. The second kappa shape index (κ2) is 8.74. The van der Waals surface area contributed by atoms with Crippen LogP contribution >= 0.6 is 0 Å². The highest BCUT2D eigenvalue weighted by Gasteiger charge is 2.06. The molecular weight excluding hydrogens is 392 g/mol. The molecule has 2 aromatic heterocycles. The van der Waals surface area contributed by atoms with Crippen molar-refractivity contribution in [1.29, 1.82) is 0 Å². The van der Waals surface area contributed by atoms with Gasteiger partial charge in [0.1, 0.15) is 11.6 Å². The number of aromatic nitrogens is 3. The lowest BCUT2D eigenvalue weighted by Crippen LogP contribution is -2.09. The van der Waals surface area contributed by atoms with Crippen LogP contribution in [0.25, 0.3) is 0 Å². The zero-order valence-corrected chi connectivity index (χ0v) is 16.9. The third-order valence-corrected chi connectivity index (χ3v) is 4.43. The second-order valence-electron chi connectivity index (χ2n) is 6.36. The number of aryl methyl sites for hydroxylation is 1. The number of hydrogen-bond acceptors (Lipinski definition) is 8. The van der Waals surface area contributed by atoms with Crippen molar-refractivity contribution < 1.29 is 13.2 Å². The Kier molecular flexibility index (Phi) is 6.13. The number of anilines is 3. The first-order valence-electron chi connectivity index (χ1n) is 8.87. The van der Waals surface area contributed by atoms with Crippen LogP contribution in [-0.4, -0.2) is 29.6 Å². The summed E-state index contributed by atoms with van der Waals surface area (Å²) in [5.41, 5.74) is 8.25. The summed E-state index contributed by atoms with van der Waals surface area (Å²) < 4.78 is 30.7. The van der Waals surface area contributed by atoms with Gasteiger partial charge in [0.05, 0.1) is 6.26 Å². The molecule has 0 bridgehead atoms. The Labute approximate surface area is 169 Å². The van der Waals surface area contributed by atoms with E-state index in [-0.39, 0.29) is 0 Å². The molecule has 3 rings (SSSR count). The molecule has 0 radical (unpaired) electrons. The van der Waals surface area contributed by atoms with E-state index in [0.717, 1.165) is 23.8 Å². The van der Waals surface area contributed by atoms with Crippen molar-refractivity contribution in [2.24, 2.45) is 0 Å². The number of hydrogen-bond donors (Lipinski definition) is 3. The van der Waals surface area contributed by atoms with E-state index < -0.39 is 10.0 Å². The number of pyridine rings is 1. The van der Waals surface area contributed by atoms with Crippen molar-refractivity contribution in [1.82, 2.24) is 15.0 Å². The van der Waals surface area contributed by atoms with Crippen LogP contribution in [0.1, 0.15) is 18.1 Å². The van der Waals surface area contributed by atoms with Crippen LogP contribution in [0.3, 0.4) is 0 Å². The largest absolute Gasteiger partial charge is 0.439 e. The molecule has 0 aliphatic carbocycles. The first-order chi connectivity index (χ1) is 13.8. The Morgan fingerprint density at radius 1 is 1.07 bits per heavy atom. The molecule has 0 fully saturated rings. The molecule has 3 aromatic rings. The molecule has 0 aliphatic heterocycles. The molecule has 10 heteroatoms. The fraction of sp³-hybridized carbons (Fsp3) is 0.211. The van der Waals surface area contributed by atoms with Crippen molar-refractivity contribution in [3.63, 3.8) is 0 Å². The monoisotopic (exact) mass is 414 g/mol. The van der Waals surface area contributed by atoms with E-state index in [4.69, 9.17) is 10.5 Å². The van der Waals surface area contributed by atoms with Crippen LogP contribution in [0.5, 0.6) is 11.6 Å². The maximum absolute atomic E-state index is 11.3. The fourth-order valence-corrected chi connectivity index (χ4v) is 3.04. The van der Waals surface area contributed by atoms with Gasteiger partial charge in [-0.15, -0.1) is 0 Å². The Morgan fingerprint density at radius 2 is 1.76 bits per heavy atom. The third-order valence-electron chi connectivity index (χ3n) is 3.83. The summed E-state index contributed by atoms with van der Waals surface area (Å²) in [6, 6.07) is 9.97. The number of nitrogen functional groups attached to an aromatic ring is 1. The number of nitrogens with zero attached hydrogens (tertiary/aromatic N) is 3. The first-order valence-corrected chi connectivity index (χ1v) is 10.8. The van der Waals surface area contributed by atoms with Crippen LogP contribution in [0.2, 0.25) is 0 Å². The molecule has 0 saturated carbocycles. The van der Waals surface area contributed by atoms with Crippen LogP contribution in [0.4, 0.5) is 17.5 Å². The summed E-state index contributed by atoms with van der Waals surface area (Å²) in [5, 5.41) is 3.13. The standard InChI is InChI=1S/C19H22N6O3S/c1-3-13-10-21-19(22-11-13)23-12-14-8-17(20)24-18(9-14)28-16-6-4-15(5-7-16)25-29(2,26)27/h4-11,25H,3,12H2,1-2H3,(H2,20,24)(H,21,22,23). The third kappa shape index (κ3) is 6.32. The van der Waals surface area contributed by atoms with Gasteiger partial charge in [-0.1, -0.05) is 6.92 Å². The summed E-state index contributed by atoms with van der Waals surface area (Å²) in [6.45, 7) is 2.49. The Hall–Kier alpha value is -3.40. The number of rotatable bonds is 8. The lowest BCUT2D eigenvalue weighted by molar-refractivity contribution is 0.463. The van der Waals surface area contributed by atoms with Gasteiger partial charge in [0.15, 0.2) is 0 Å². The molecule has 0 atom stereocenters. The van der Waals surface area contributed by atoms with E-state index in [1.54, 1.807) is 48.8 Å². The molecule has 1 aromatic carbocycles. The Bertz CT molecular complexity index is 1070. The number of sulfonamides is 1. The van der Waals surface area contributed by atoms with Gasteiger partial charge in [-0.25, -0.2) is 18.4 Å². The van der Waals surface area contributed by atoms with Gasteiger partial charge in [0.25, 0.3) is 0 Å². The molecule has 2 heterocycles. The van der Waals surface area contributed by atoms with E-state index in [9.17, 15) is 8.42 Å². The molecule has 9 nitrogen and oxygen atoms in total. The average molecular weight is 414 g/mol. The quantitative estimate of drug-likeness (QED) is 0.513. The summed E-state index contributed by atoms with van der Waals surface area (Å²) in [7, 11) is -3.33. The Morgan fingerprint density at radius 3 is 2.38 bits per heavy atom. The van der Waals surface area contributed by atoms with Crippen LogP contribution in [0, 0.1) is 0 Å². The van der Waals surface area contributed by atoms with E-state index >= 15 is 0 Å². The van der Waals surface area contributed by atoms with Gasteiger partial charge in [-0.3, -0.25) is 4.72 Å². The second-order valence-corrected chi connectivity index (χ2v) is 8.11. The van der Waals surface area contributed by atoms with E-state index in [1.807, 2.05) is 6.92 Å². The number of ether oxygens (including phenoxy) is 1. The van der Waals surface area contributed by atoms with Crippen molar-refractivity contribution in [2.75, 3.05) is 22.0 Å². The van der Waals surface area contributed by atoms with Gasteiger partial charge >= 0.3 is 0 Å². The molecule has 4 N–H and O–H groups in total. The van der Waals surface area contributed by atoms with Crippen LogP contribution in [-0.2, 0) is 23.0 Å². The van der Waals surface area contributed by atoms with Gasteiger partial charge in [-0.2, -0.15) is 4.98 Å². The maximum atomic E-state index is 11.3. The molecule has 0 amide bonds. The molecule has 152 valence electrons. The van der Waals surface area contributed by atoms with Crippen LogP contribution < -0.4 is 20.5 Å². The van der Waals surface area contributed by atoms with Crippen molar-refractivity contribution in [3.8, 4) is 11.6 Å². The summed E-state index contributed by atoms with van der Waals surface area (Å²) in [5.74, 6) is 1.67. The predicted molar refractivity (Wildman–Crippen MR) is 112 cm³/mol. The minimum Gasteiger partial charge on any atom is -0.439 e. The highest BCUT2D eigenvalue weighted by Crippen LogP contribution is 2.24. The minimum absolute atomic E-state index is 0.317. The van der Waals surface area contributed by atoms with Crippen molar-refractivity contribution in [2.45, 2.75) is 19.9 Å². The molecular formula is C19H22N6O3S. The van der Waals surface area contributed by atoms with E-state index in [1.165, 1.54) is 0 Å². The molecule has 0 aliphatic rings. The first kappa shape index (κ1) is 20.3. The fourth-order valence-electron chi connectivity index (χ4n) is 2.47. The van der Waals surface area contributed by atoms with Crippen LogP contribution in [0.15, 0.2) is 48.8 Å². The van der Waals surface area contributed by atoms with E-state index in [2.05, 4.69) is 25.0 Å². The van der Waals surface area contributed by atoms with Gasteiger partial charge < -0.3 is 15.8 Å². The molecule has 0 unspecified atom stereocenters. The summed E-state index contributed by atoms with van der Waals surface area (Å²) in [6.07, 6.45) is 5.54. The zero-order chi connectivity index (χ0) is 20.9. The van der Waals surface area contributed by atoms with Gasteiger partial charge in [-0.05, 0) is 47.9 Å². The van der Waals surface area contributed by atoms with Gasteiger partial charge in [0.2, 0.25) is 21.9 Å². The zero-order valence-electron chi connectivity index (χ0n) is 16.1. The number of benzene rings is 1.